The molecule has 2 rings (SSSR count). The van der Waals surface area contributed by atoms with E-state index in [4.69, 9.17) is 33.0 Å². The Balaban J connectivity index is 2.22. The van der Waals surface area contributed by atoms with Gasteiger partial charge in [0.2, 0.25) is 0 Å². The fraction of sp³-hybridized carbons (Fsp3) is 0.429. The molecule has 1 aromatic rings. The summed E-state index contributed by atoms with van der Waals surface area (Å²) in [5.41, 5.74) is 0.330. The Morgan fingerprint density at radius 1 is 1.33 bits per heavy atom. The predicted octanol–water partition coefficient (Wildman–Crippen LogP) is 2.94. The number of carboxylic acid groups (broad SMARTS) is 1. The molecule has 0 aliphatic carbocycles. The van der Waals surface area contributed by atoms with Crippen molar-refractivity contribution in [2.45, 2.75) is 12.8 Å². The summed E-state index contributed by atoms with van der Waals surface area (Å²) >= 11 is 12.0. The summed E-state index contributed by atoms with van der Waals surface area (Å²) in [5, 5.41) is 9.57. The molecule has 1 aliphatic heterocycles. The van der Waals surface area contributed by atoms with Crippen LogP contribution in [0.1, 0.15) is 23.2 Å². The second-order valence-electron chi connectivity index (χ2n) is 4.90. The highest BCUT2D eigenvalue weighted by Crippen LogP contribution is 2.34. The molecule has 0 bridgehead atoms. The molecule has 1 N–H and O–H groups in total. The maximum atomic E-state index is 12.4. The van der Waals surface area contributed by atoms with E-state index in [1.165, 1.54) is 24.1 Å². The van der Waals surface area contributed by atoms with Crippen LogP contribution in [0.4, 0.5) is 0 Å². The van der Waals surface area contributed by atoms with E-state index in [-0.39, 0.29) is 22.5 Å². The molecule has 21 heavy (non-hydrogen) atoms. The first kappa shape index (κ1) is 15.9. The van der Waals surface area contributed by atoms with Crippen molar-refractivity contribution in [3.63, 3.8) is 0 Å². The highest BCUT2D eigenvalue weighted by Gasteiger charge is 2.29. The molecule has 1 saturated heterocycles. The van der Waals surface area contributed by atoms with Crippen LogP contribution in [0.5, 0.6) is 5.75 Å². The van der Waals surface area contributed by atoms with Crippen LogP contribution in [0.25, 0.3) is 0 Å². The van der Waals surface area contributed by atoms with Crippen molar-refractivity contribution < 1.29 is 19.4 Å². The van der Waals surface area contributed by atoms with Crippen molar-refractivity contribution >= 4 is 35.1 Å². The molecule has 1 amide bonds. The SMILES string of the molecule is COc1c(Cl)cc(C(=O)N2CCCC(C(=O)O)C2)cc1Cl. The van der Waals surface area contributed by atoms with E-state index < -0.39 is 11.9 Å². The molecular weight excluding hydrogens is 317 g/mol. The van der Waals surface area contributed by atoms with Crippen LogP contribution in [0, 0.1) is 5.92 Å². The number of piperidine rings is 1. The van der Waals surface area contributed by atoms with E-state index in [1.54, 1.807) is 0 Å². The van der Waals surface area contributed by atoms with Crippen molar-refractivity contribution in [2.24, 2.45) is 5.92 Å². The minimum Gasteiger partial charge on any atom is -0.494 e. The summed E-state index contributed by atoms with van der Waals surface area (Å²) in [5.74, 6) is -1.35. The van der Waals surface area contributed by atoms with Crippen LogP contribution in [-0.2, 0) is 4.79 Å². The molecule has 0 radical (unpaired) electrons. The Morgan fingerprint density at radius 2 is 1.95 bits per heavy atom. The van der Waals surface area contributed by atoms with E-state index >= 15 is 0 Å². The first-order valence-electron chi connectivity index (χ1n) is 6.49. The maximum absolute atomic E-state index is 12.4. The Labute approximate surface area is 132 Å². The zero-order valence-corrected chi connectivity index (χ0v) is 12.9. The second-order valence-corrected chi connectivity index (χ2v) is 5.72. The zero-order valence-electron chi connectivity index (χ0n) is 11.4. The van der Waals surface area contributed by atoms with Gasteiger partial charge in [-0.05, 0) is 25.0 Å². The fourth-order valence-corrected chi connectivity index (χ4v) is 3.07. The number of carbonyl (C=O) groups excluding carboxylic acids is 1. The van der Waals surface area contributed by atoms with E-state index in [1.807, 2.05) is 0 Å². The summed E-state index contributed by atoms with van der Waals surface area (Å²) in [6.45, 7) is 0.735. The van der Waals surface area contributed by atoms with Gasteiger partial charge in [0.15, 0.2) is 5.75 Å². The monoisotopic (exact) mass is 331 g/mol. The minimum absolute atomic E-state index is 0.204. The molecule has 1 unspecified atom stereocenters. The van der Waals surface area contributed by atoms with Gasteiger partial charge >= 0.3 is 5.97 Å². The van der Waals surface area contributed by atoms with Crippen LogP contribution in [0.15, 0.2) is 12.1 Å². The van der Waals surface area contributed by atoms with Gasteiger partial charge in [-0.1, -0.05) is 23.2 Å². The van der Waals surface area contributed by atoms with Crippen molar-refractivity contribution in [1.82, 2.24) is 4.90 Å². The molecule has 0 aromatic heterocycles. The number of likely N-dealkylation sites (tertiary alicyclic amines) is 1. The number of ether oxygens (including phenoxy) is 1. The number of rotatable bonds is 3. The number of benzene rings is 1. The number of halogens is 2. The molecule has 1 fully saturated rings. The van der Waals surface area contributed by atoms with Gasteiger partial charge in [-0.15, -0.1) is 0 Å². The third-order valence-electron chi connectivity index (χ3n) is 3.51. The van der Waals surface area contributed by atoms with Crippen molar-refractivity contribution in [1.29, 1.82) is 0 Å². The molecule has 7 heteroatoms. The molecule has 0 saturated carbocycles. The highest BCUT2D eigenvalue weighted by atomic mass is 35.5. The van der Waals surface area contributed by atoms with Gasteiger partial charge in [0, 0.05) is 18.7 Å². The standard InChI is InChI=1S/C14H15Cl2NO4/c1-21-12-10(15)5-9(6-11(12)16)13(18)17-4-2-3-8(7-17)14(19)20/h5-6,8H,2-4,7H2,1H3,(H,19,20). The van der Waals surface area contributed by atoms with Crippen LogP contribution in [0.3, 0.4) is 0 Å². The average Bonchev–Trinajstić information content (AvgIpc) is 2.46. The van der Waals surface area contributed by atoms with E-state index in [0.717, 1.165) is 0 Å². The molecule has 1 aromatic carbocycles. The van der Waals surface area contributed by atoms with E-state index in [9.17, 15) is 9.59 Å². The van der Waals surface area contributed by atoms with Gasteiger partial charge in [-0.3, -0.25) is 9.59 Å². The van der Waals surface area contributed by atoms with Gasteiger partial charge in [0.25, 0.3) is 5.91 Å². The lowest BCUT2D eigenvalue weighted by molar-refractivity contribution is -0.143. The lowest BCUT2D eigenvalue weighted by atomic mass is 9.97. The zero-order chi connectivity index (χ0) is 15.6. The number of carboxylic acids is 1. The lowest BCUT2D eigenvalue weighted by Gasteiger charge is -2.30. The van der Waals surface area contributed by atoms with Crippen molar-refractivity contribution in [2.75, 3.05) is 20.2 Å². The Morgan fingerprint density at radius 3 is 2.48 bits per heavy atom. The highest BCUT2D eigenvalue weighted by molar-refractivity contribution is 6.37. The number of carbonyl (C=O) groups is 2. The summed E-state index contributed by atoms with van der Waals surface area (Å²) < 4.78 is 5.04. The van der Waals surface area contributed by atoms with Crippen LogP contribution in [-0.4, -0.2) is 42.1 Å². The maximum Gasteiger partial charge on any atom is 0.308 e. The second kappa shape index (κ2) is 6.54. The summed E-state index contributed by atoms with van der Waals surface area (Å²) in [4.78, 5) is 25.0. The van der Waals surface area contributed by atoms with E-state index in [0.29, 0.717) is 30.7 Å². The van der Waals surface area contributed by atoms with Gasteiger partial charge in [0.1, 0.15) is 0 Å². The molecule has 1 heterocycles. The average molecular weight is 332 g/mol. The number of hydrogen-bond donors (Lipinski definition) is 1. The van der Waals surface area contributed by atoms with Crippen molar-refractivity contribution in [3.05, 3.63) is 27.7 Å². The largest absolute Gasteiger partial charge is 0.494 e. The predicted molar refractivity (Wildman–Crippen MR) is 79.3 cm³/mol. The first-order valence-corrected chi connectivity index (χ1v) is 7.24. The van der Waals surface area contributed by atoms with Gasteiger partial charge < -0.3 is 14.7 Å². The third-order valence-corrected chi connectivity index (χ3v) is 4.07. The van der Waals surface area contributed by atoms with Crippen LogP contribution < -0.4 is 4.74 Å². The molecule has 0 spiro atoms. The minimum atomic E-state index is -0.877. The molecule has 1 atom stereocenters. The molecule has 1 aliphatic rings. The third kappa shape index (κ3) is 3.41. The number of methoxy groups -OCH3 is 1. The van der Waals surface area contributed by atoms with Gasteiger partial charge in [-0.25, -0.2) is 0 Å². The summed E-state index contributed by atoms with van der Waals surface area (Å²) in [6, 6.07) is 2.97. The lowest BCUT2D eigenvalue weighted by Crippen LogP contribution is -2.42. The number of aliphatic carboxylic acids is 1. The number of amides is 1. The topological polar surface area (TPSA) is 66.8 Å². The van der Waals surface area contributed by atoms with E-state index in [2.05, 4.69) is 0 Å². The van der Waals surface area contributed by atoms with Crippen LogP contribution >= 0.6 is 23.2 Å². The summed E-state index contributed by atoms with van der Waals surface area (Å²) in [7, 11) is 1.44. The van der Waals surface area contributed by atoms with Crippen molar-refractivity contribution in [3.8, 4) is 5.75 Å². The Kier molecular flexibility index (Phi) is 4.96. The van der Waals surface area contributed by atoms with Gasteiger partial charge in [-0.2, -0.15) is 0 Å². The van der Waals surface area contributed by atoms with Gasteiger partial charge in [0.05, 0.1) is 23.1 Å². The first-order chi connectivity index (χ1) is 9.93. The Bertz CT molecular complexity index is 553. The molecular formula is C14H15Cl2NO4. The quantitative estimate of drug-likeness (QED) is 0.924. The fourth-order valence-electron chi connectivity index (χ4n) is 2.42. The Hall–Kier alpha value is -1.46. The summed E-state index contributed by atoms with van der Waals surface area (Å²) in [6.07, 6.45) is 1.25. The molecule has 5 nitrogen and oxygen atoms in total. The molecule has 114 valence electrons. The number of nitrogens with zero attached hydrogens (tertiary/aromatic N) is 1. The normalized spacial score (nSPS) is 18.4. The van der Waals surface area contributed by atoms with Crippen LogP contribution in [0.2, 0.25) is 10.0 Å². The smallest absolute Gasteiger partial charge is 0.308 e. The number of hydrogen-bond acceptors (Lipinski definition) is 3.